The predicted octanol–water partition coefficient (Wildman–Crippen LogP) is 6.95. The number of nitrogens with one attached hydrogen (secondary N) is 1. The molecule has 0 fully saturated rings. The van der Waals surface area contributed by atoms with Crippen LogP contribution < -0.4 is 14.2 Å². The van der Waals surface area contributed by atoms with Gasteiger partial charge in [0.25, 0.3) is 10.0 Å². The second-order valence-corrected chi connectivity index (χ2v) is 12.3. The number of anilines is 1. The molecular formula is C26H24F4N2O6S2. The Labute approximate surface area is 231 Å². The first kappa shape index (κ1) is 29.3. The summed E-state index contributed by atoms with van der Waals surface area (Å²) >= 11 is 0.863. The zero-order valence-corrected chi connectivity index (χ0v) is 23.1. The van der Waals surface area contributed by atoms with Crippen molar-refractivity contribution in [2.45, 2.75) is 44.5 Å². The van der Waals surface area contributed by atoms with Gasteiger partial charge in [-0.25, -0.2) is 14.2 Å². The normalized spacial score (nSPS) is 15.3. The predicted molar refractivity (Wildman–Crippen MR) is 141 cm³/mol. The van der Waals surface area contributed by atoms with Crippen LogP contribution >= 0.6 is 11.3 Å². The number of carboxylic acid groups (broad SMARTS) is 1. The van der Waals surface area contributed by atoms with E-state index in [2.05, 4.69) is 28.3 Å². The SMILES string of the molecule is COc1cc(C(=O)O)c(F)cc1NS(=O)(=O)c1csc(-c2ccc(C3=CCC(C)(C)CC3)c(OC(F)(F)F)c2)n1. The molecule has 1 aromatic heterocycles. The van der Waals surface area contributed by atoms with Gasteiger partial charge >= 0.3 is 12.3 Å². The summed E-state index contributed by atoms with van der Waals surface area (Å²) in [5, 5.41) is 9.84. The van der Waals surface area contributed by atoms with Crippen LogP contribution in [0.2, 0.25) is 0 Å². The summed E-state index contributed by atoms with van der Waals surface area (Å²) in [6, 6.07) is 5.67. The Morgan fingerprint density at radius 3 is 2.50 bits per heavy atom. The average molecular weight is 601 g/mol. The lowest BCUT2D eigenvalue weighted by molar-refractivity contribution is -0.274. The Balaban J connectivity index is 1.66. The third-order valence-corrected chi connectivity index (χ3v) is 8.58. The van der Waals surface area contributed by atoms with Gasteiger partial charge in [0.05, 0.1) is 18.4 Å². The largest absolute Gasteiger partial charge is 0.573 e. The van der Waals surface area contributed by atoms with Crippen molar-refractivity contribution in [3.63, 3.8) is 0 Å². The van der Waals surface area contributed by atoms with E-state index in [9.17, 15) is 30.8 Å². The zero-order valence-electron chi connectivity index (χ0n) is 21.4. The van der Waals surface area contributed by atoms with Gasteiger partial charge in [-0.1, -0.05) is 32.1 Å². The van der Waals surface area contributed by atoms with E-state index in [1.54, 1.807) is 0 Å². The highest BCUT2D eigenvalue weighted by molar-refractivity contribution is 7.92. The molecule has 4 rings (SSSR count). The molecule has 2 aromatic carbocycles. The van der Waals surface area contributed by atoms with E-state index < -0.39 is 44.5 Å². The first-order chi connectivity index (χ1) is 18.6. The number of thiazole rings is 1. The Hall–Kier alpha value is -3.65. The molecule has 0 spiro atoms. The van der Waals surface area contributed by atoms with Gasteiger partial charge in [-0.15, -0.1) is 24.5 Å². The number of hydrogen-bond donors (Lipinski definition) is 2. The van der Waals surface area contributed by atoms with Crippen LogP contribution in [0, 0.1) is 11.2 Å². The van der Waals surface area contributed by atoms with Crippen molar-refractivity contribution >= 4 is 38.6 Å². The Morgan fingerprint density at radius 2 is 1.90 bits per heavy atom. The molecule has 2 N–H and O–H groups in total. The molecule has 1 heterocycles. The summed E-state index contributed by atoms with van der Waals surface area (Å²) in [5.41, 5.74) is 0.172. The molecule has 0 bridgehead atoms. The number of hydrogen-bond acceptors (Lipinski definition) is 7. The van der Waals surface area contributed by atoms with Gasteiger partial charge in [0, 0.05) is 22.6 Å². The molecule has 0 radical (unpaired) electrons. The van der Waals surface area contributed by atoms with Gasteiger partial charge in [0.1, 0.15) is 22.3 Å². The number of ether oxygens (including phenoxy) is 2. The van der Waals surface area contributed by atoms with Crippen LogP contribution in [-0.4, -0.2) is 37.9 Å². The zero-order chi connectivity index (χ0) is 29.5. The highest BCUT2D eigenvalue weighted by Gasteiger charge is 2.33. The van der Waals surface area contributed by atoms with Crippen molar-refractivity contribution in [1.29, 1.82) is 0 Å². The maximum Gasteiger partial charge on any atom is 0.573 e. The highest BCUT2D eigenvalue weighted by atomic mass is 32.2. The molecule has 0 saturated heterocycles. The van der Waals surface area contributed by atoms with Gasteiger partial charge in [-0.3, -0.25) is 4.72 Å². The summed E-state index contributed by atoms with van der Waals surface area (Å²) in [6.07, 6.45) is -0.983. The number of sulfonamides is 1. The summed E-state index contributed by atoms with van der Waals surface area (Å²) < 4.78 is 91.3. The quantitative estimate of drug-likeness (QED) is 0.269. The summed E-state index contributed by atoms with van der Waals surface area (Å²) in [6.45, 7) is 4.16. The number of benzene rings is 2. The van der Waals surface area contributed by atoms with Crippen molar-refractivity contribution < 1.29 is 45.4 Å². The van der Waals surface area contributed by atoms with Gasteiger partial charge in [-0.05, 0) is 42.4 Å². The number of aromatic carboxylic acids is 1. The van der Waals surface area contributed by atoms with Crippen LogP contribution in [-0.2, 0) is 10.0 Å². The van der Waals surface area contributed by atoms with Crippen molar-refractivity contribution in [3.8, 4) is 22.1 Å². The lowest BCUT2D eigenvalue weighted by Gasteiger charge is -2.29. The molecule has 3 aromatic rings. The molecule has 0 amide bonds. The van der Waals surface area contributed by atoms with Crippen LogP contribution in [0.25, 0.3) is 16.1 Å². The van der Waals surface area contributed by atoms with E-state index in [1.807, 2.05) is 6.08 Å². The number of carbonyl (C=O) groups is 1. The van der Waals surface area contributed by atoms with Crippen LogP contribution in [0.4, 0.5) is 23.2 Å². The molecule has 0 saturated carbocycles. The Bertz CT molecular complexity index is 1600. The maximum atomic E-state index is 14.2. The number of alkyl halides is 3. The fraction of sp³-hybridized carbons (Fsp3) is 0.308. The molecule has 1 aliphatic carbocycles. The fourth-order valence-electron chi connectivity index (χ4n) is 4.13. The number of aromatic nitrogens is 1. The second kappa shape index (κ2) is 10.7. The van der Waals surface area contributed by atoms with E-state index in [0.29, 0.717) is 24.5 Å². The van der Waals surface area contributed by atoms with E-state index in [4.69, 9.17) is 9.84 Å². The minimum Gasteiger partial charge on any atom is -0.495 e. The van der Waals surface area contributed by atoms with E-state index in [-0.39, 0.29) is 27.4 Å². The molecule has 40 heavy (non-hydrogen) atoms. The Kier molecular flexibility index (Phi) is 7.87. The van der Waals surface area contributed by atoms with Crippen LogP contribution in [0.5, 0.6) is 11.5 Å². The minimum absolute atomic E-state index is 0.0411. The van der Waals surface area contributed by atoms with Gasteiger partial charge in [0.15, 0.2) is 5.03 Å². The number of methoxy groups -OCH3 is 1. The Morgan fingerprint density at radius 1 is 1.18 bits per heavy atom. The number of allylic oxidation sites excluding steroid dienone is 2. The number of carboxylic acids is 1. The first-order valence-electron chi connectivity index (χ1n) is 11.8. The lowest BCUT2D eigenvalue weighted by Crippen LogP contribution is -2.19. The molecule has 214 valence electrons. The molecule has 8 nitrogen and oxygen atoms in total. The van der Waals surface area contributed by atoms with Crippen molar-refractivity contribution in [2.75, 3.05) is 11.8 Å². The van der Waals surface area contributed by atoms with E-state index in [0.717, 1.165) is 48.0 Å². The average Bonchev–Trinajstić information content (AvgIpc) is 3.35. The maximum absolute atomic E-state index is 14.2. The van der Waals surface area contributed by atoms with Crippen LogP contribution in [0.3, 0.4) is 0 Å². The molecular weight excluding hydrogens is 576 g/mol. The van der Waals surface area contributed by atoms with Gasteiger partial charge < -0.3 is 14.6 Å². The van der Waals surface area contributed by atoms with Crippen molar-refractivity contribution in [1.82, 2.24) is 4.98 Å². The lowest BCUT2D eigenvalue weighted by atomic mass is 9.77. The molecule has 1 aliphatic rings. The summed E-state index contributed by atoms with van der Waals surface area (Å²) in [7, 11) is -3.28. The van der Waals surface area contributed by atoms with E-state index in [1.165, 1.54) is 12.1 Å². The number of rotatable bonds is 8. The highest BCUT2D eigenvalue weighted by Crippen LogP contribution is 2.43. The summed E-state index contributed by atoms with van der Waals surface area (Å²) in [5.74, 6) is -3.44. The monoisotopic (exact) mass is 600 g/mol. The fourth-order valence-corrected chi connectivity index (χ4v) is 6.28. The van der Waals surface area contributed by atoms with Crippen LogP contribution in [0.1, 0.15) is 49.0 Å². The minimum atomic E-state index is -4.95. The smallest absolute Gasteiger partial charge is 0.495 e. The molecule has 0 aliphatic heterocycles. The third-order valence-electron chi connectivity index (χ3n) is 6.29. The number of nitrogens with zero attached hydrogens (tertiary/aromatic N) is 1. The van der Waals surface area contributed by atoms with Crippen LogP contribution in [0.15, 0.2) is 46.8 Å². The van der Waals surface area contributed by atoms with Crippen molar-refractivity contribution in [3.05, 3.63) is 58.7 Å². The van der Waals surface area contributed by atoms with E-state index >= 15 is 0 Å². The van der Waals surface area contributed by atoms with Gasteiger partial charge in [-0.2, -0.15) is 8.42 Å². The molecule has 0 atom stereocenters. The first-order valence-corrected chi connectivity index (χ1v) is 14.1. The summed E-state index contributed by atoms with van der Waals surface area (Å²) in [4.78, 5) is 15.2. The molecule has 14 heteroatoms. The van der Waals surface area contributed by atoms with Crippen molar-refractivity contribution in [2.24, 2.45) is 5.41 Å². The standard InChI is InChI=1S/C26H24F4N2O6S2/c1-25(2)8-6-14(7-9-25)16-5-4-15(10-20(16)38-26(28,29)30)23-31-22(13-39-23)40(35,36)32-19-12-18(27)17(24(33)34)11-21(19)37-3/h4-6,10-13,32H,7-9H2,1-3H3,(H,33,34). The molecule has 0 unspecified atom stereocenters. The van der Waals surface area contributed by atoms with Gasteiger partial charge in [0.2, 0.25) is 0 Å². The second-order valence-electron chi connectivity index (χ2n) is 9.79. The third kappa shape index (κ3) is 6.55. The number of halogens is 4. The topological polar surface area (TPSA) is 115 Å².